The van der Waals surface area contributed by atoms with Crippen molar-refractivity contribution < 1.29 is 0 Å². The van der Waals surface area contributed by atoms with Gasteiger partial charge in [-0.05, 0) is 51.3 Å². The van der Waals surface area contributed by atoms with Gasteiger partial charge in [-0.25, -0.2) is 0 Å². The van der Waals surface area contributed by atoms with Crippen LogP contribution in [0.15, 0.2) is 59.2 Å². The number of pyridine rings is 1. The predicted octanol–water partition coefficient (Wildman–Crippen LogP) is 4.97. The van der Waals surface area contributed by atoms with Crippen LogP contribution in [0.1, 0.15) is 5.56 Å². The minimum absolute atomic E-state index is 1.00. The molecule has 3 rings (SSSR count). The molecule has 18 heavy (non-hydrogen) atoms. The molecule has 1 nitrogen and oxygen atoms in total. The molecule has 0 atom stereocenters. The van der Waals surface area contributed by atoms with Gasteiger partial charge in [0.25, 0.3) is 0 Å². The fraction of sp³-hybridized carbons (Fsp3) is 0.0625. The predicted molar refractivity (Wildman–Crippen MR) is 79.6 cm³/mol. The van der Waals surface area contributed by atoms with Gasteiger partial charge in [0.2, 0.25) is 0 Å². The third-order valence-electron chi connectivity index (χ3n) is 3.15. The number of hydrogen-bond acceptors (Lipinski definition) is 1. The van der Waals surface area contributed by atoms with Gasteiger partial charge in [0.1, 0.15) is 0 Å². The van der Waals surface area contributed by atoms with Crippen LogP contribution >= 0.6 is 15.9 Å². The van der Waals surface area contributed by atoms with E-state index in [-0.39, 0.29) is 0 Å². The number of hydrogen-bond donors (Lipinski definition) is 0. The van der Waals surface area contributed by atoms with Gasteiger partial charge in [-0.3, -0.25) is 4.98 Å². The Hall–Kier alpha value is -1.67. The van der Waals surface area contributed by atoms with Gasteiger partial charge in [0.05, 0.1) is 5.69 Å². The summed E-state index contributed by atoms with van der Waals surface area (Å²) in [6.45, 7) is 2.14. The zero-order valence-electron chi connectivity index (χ0n) is 10.0. The van der Waals surface area contributed by atoms with Crippen molar-refractivity contribution in [3.05, 3.63) is 64.8 Å². The number of rotatable bonds is 1. The van der Waals surface area contributed by atoms with Crippen molar-refractivity contribution in [3.63, 3.8) is 0 Å². The SMILES string of the molecule is Cc1ccc(-c2ccc(Br)cn2)c2ccccc12. The molecular formula is C16H12BrN. The smallest absolute Gasteiger partial charge is 0.0709 e. The number of fused-ring (bicyclic) bond motifs is 1. The molecule has 0 aliphatic carbocycles. The number of aryl methyl sites for hydroxylation is 1. The summed E-state index contributed by atoms with van der Waals surface area (Å²) >= 11 is 3.42. The van der Waals surface area contributed by atoms with E-state index in [1.165, 1.54) is 21.9 Å². The van der Waals surface area contributed by atoms with Gasteiger partial charge in [-0.1, -0.05) is 36.4 Å². The van der Waals surface area contributed by atoms with Gasteiger partial charge in [-0.15, -0.1) is 0 Å². The third kappa shape index (κ3) is 1.93. The van der Waals surface area contributed by atoms with Crippen LogP contribution in [0.3, 0.4) is 0 Å². The first-order valence-electron chi connectivity index (χ1n) is 5.86. The number of halogens is 1. The summed E-state index contributed by atoms with van der Waals surface area (Å²) in [5.74, 6) is 0. The molecule has 0 radical (unpaired) electrons. The second-order valence-electron chi connectivity index (χ2n) is 4.34. The Bertz CT molecular complexity index is 702. The largest absolute Gasteiger partial charge is 0.255 e. The summed E-state index contributed by atoms with van der Waals surface area (Å²) in [6.07, 6.45) is 1.84. The van der Waals surface area contributed by atoms with E-state index in [2.05, 4.69) is 64.2 Å². The van der Waals surface area contributed by atoms with Crippen LogP contribution in [-0.2, 0) is 0 Å². The van der Waals surface area contributed by atoms with Gasteiger partial charge >= 0.3 is 0 Å². The Morgan fingerprint density at radius 1 is 0.889 bits per heavy atom. The summed E-state index contributed by atoms with van der Waals surface area (Å²) < 4.78 is 1.00. The molecule has 2 aromatic carbocycles. The molecule has 0 amide bonds. The van der Waals surface area contributed by atoms with Crippen molar-refractivity contribution in [3.8, 4) is 11.3 Å². The molecule has 3 aromatic rings. The minimum atomic E-state index is 1.00. The van der Waals surface area contributed by atoms with E-state index in [0.717, 1.165) is 10.2 Å². The average Bonchev–Trinajstić information content (AvgIpc) is 2.41. The zero-order valence-corrected chi connectivity index (χ0v) is 11.6. The van der Waals surface area contributed by atoms with Gasteiger partial charge in [-0.2, -0.15) is 0 Å². The van der Waals surface area contributed by atoms with E-state index in [9.17, 15) is 0 Å². The van der Waals surface area contributed by atoms with E-state index >= 15 is 0 Å². The van der Waals surface area contributed by atoms with Crippen LogP contribution in [0.5, 0.6) is 0 Å². The molecular weight excluding hydrogens is 286 g/mol. The molecule has 0 saturated carbocycles. The number of benzene rings is 2. The molecule has 0 unspecified atom stereocenters. The van der Waals surface area contributed by atoms with Crippen LogP contribution < -0.4 is 0 Å². The maximum atomic E-state index is 4.48. The molecule has 0 aliphatic rings. The second kappa shape index (κ2) is 4.54. The molecule has 1 heterocycles. The molecule has 0 aliphatic heterocycles. The summed E-state index contributed by atoms with van der Waals surface area (Å²) in [5.41, 5.74) is 3.49. The summed E-state index contributed by atoms with van der Waals surface area (Å²) in [4.78, 5) is 4.48. The quantitative estimate of drug-likeness (QED) is 0.618. The van der Waals surface area contributed by atoms with E-state index < -0.39 is 0 Å². The summed E-state index contributed by atoms with van der Waals surface area (Å²) in [6, 6.07) is 16.8. The zero-order chi connectivity index (χ0) is 12.5. The first kappa shape index (κ1) is 11.4. The number of nitrogens with zero attached hydrogens (tertiary/aromatic N) is 1. The number of aromatic nitrogens is 1. The van der Waals surface area contributed by atoms with Gasteiger partial charge in [0.15, 0.2) is 0 Å². The summed E-state index contributed by atoms with van der Waals surface area (Å²) in [7, 11) is 0. The molecule has 0 N–H and O–H groups in total. The molecule has 1 aromatic heterocycles. The highest BCUT2D eigenvalue weighted by Crippen LogP contribution is 2.29. The third-order valence-corrected chi connectivity index (χ3v) is 3.61. The molecule has 88 valence electrons. The Morgan fingerprint density at radius 2 is 1.67 bits per heavy atom. The molecule has 0 fully saturated rings. The lowest BCUT2D eigenvalue weighted by Gasteiger charge is -2.08. The minimum Gasteiger partial charge on any atom is -0.255 e. The van der Waals surface area contributed by atoms with Crippen molar-refractivity contribution in [2.75, 3.05) is 0 Å². The Morgan fingerprint density at radius 3 is 2.39 bits per heavy atom. The first-order chi connectivity index (χ1) is 8.75. The van der Waals surface area contributed by atoms with Crippen molar-refractivity contribution in [2.24, 2.45) is 0 Å². The van der Waals surface area contributed by atoms with Gasteiger partial charge in [0, 0.05) is 16.2 Å². The lowest BCUT2D eigenvalue weighted by molar-refractivity contribution is 1.31. The van der Waals surface area contributed by atoms with Crippen LogP contribution in [0, 0.1) is 6.92 Å². The standard InChI is InChI=1S/C16H12BrN/c1-11-6-8-15(14-5-3-2-4-13(11)14)16-9-7-12(17)10-18-16/h2-10H,1H3. The topological polar surface area (TPSA) is 12.9 Å². The Kier molecular flexibility index (Phi) is 2.88. The van der Waals surface area contributed by atoms with Crippen LogP contribution in [0.2, 0.25) is 0 Å². The van der Waals surface area contributed by atoms with Crippen LogP contribution in [0.4, 0.5) is 0 Å². The Labute approximate surface area is 115 Å². The highest BCUT2D eigenvalue weighted by atomic mass is 79.9. The van der Waals surface area contributed by atoms with Crippen LogP contribution in [0.25, 0.3) is 22.0 Å². The highest BCUT2D eigenvalue weighted by Gasteiger charge is 2.06. The maximum absolute atomic E-state index is 4.48. The first-order valence-corrected chi connectivity index (χ1v) is 6.65. The fourth-order valence-corrected chi connectivity index (χ4v) is 2.44. The summed E-state index contributed by atoms with van der Waals surface area (Å²) in [5, 5.41) is 2.55. The maximum Gasteiger partial charge on any atom is 0.0709 e. The normalized spacial score (nSPS) is 10.8. The van der Waals surface area contributed by atoms with E-state index in [4.69, 9.17) is 0 Å². The average molecular weight is 298 g/mol. The van der Waals surface area contributed by atoms with E-state index in [1.54, 1.807) is 0 Å². The molecule has 0 saturated heterocycles. The molecule has 0 bridgehead atoms. The lowest BCUT2D eigenvalue weighted by atomic mass is 9.98. The Balaban J connectivity index is 2.30. The van der Waals surface area contributed by atoms with E-state index in [0.29, 0.717) is 0 Å². The van der Waals surface area contributed by atoms with Crippen LogP contribution in [-0.4, -0.2) is 4.98 Å². The monoisotopic (exact) mass is 297 g/mol. The van der Waals surface area contributed by atoms with Crippen molar-refractivity contribution in [1.82, 2.24) is 4.98 Å². The van der Waals surface area contributed by atoms with Gasteiger partial charge < -0.3 is 0 Å². The molecule has 2 heteroatoms. The van der Waals surface area contributed by atoms with E-state index in [1.807, 2.05) is 18.3 Å². The van der Waals surface area contributed by atoms with Crippen molar-refractivity contribution in [2.45, 2.75) is 6.92 Å². The fourth-order valence-electron chi connectivity index (χ4n) is 2.21. The van der Waals surface area contributed by atoms with Crippen molar-refractivity contribution in [1.29, 1.82) is 0 Å². The highest BCUT2D eigenvalue weighted by molar-refractivity contribution is 9.10. The second-order valence-corrected chi connectivity index (χ2v) is 5.25. The molecule has 0 spiro atoms. The van der Waals surface area contributed by atoms with Crippen molar-refractivity contribution >= 4 is 26.7 Å². The lowest BCUT2D eigenvalue weighted by Crippen LogP contribution is -1.87.